The Hall–Kier alpha value is -3.02. The third-order valence-electron chi connectivity index (χ3n) is 4.39. The minimum Gasteiger partial charge on any atom is -0.496 e. The number of nitrogens with one attached hydrogen (secondary N) is 1. The standard InChI is InChI=1S/C22H17Cl2N3O2/c1-28-19-12-5-3-8-15(19)22-27-26-20(29-22)13-14-7-2-4-11-18(14)25-21-16(23)9-6-10-17(21)24/h2-12,25H,13H2,1H3. The Balaban J connectivity index is 1.61. The van der Waals surface area contributed by atoms with Gasteiger partial charge in [-0.05, 0) is 35.9 Å². The van der Waals surface area contributed by atoms with Gasteiger partial charge in [0.2, 0.25) is 5.89 Å². The fourth-order valence-electron chi connectivity index (χ4n) is 2.97. The Labute approximate surface area is 178 Å². The van der Waals surface area contributed by atoms with Gasteiger partial charge < -0.3 is 14.5 Å². The lowest BCUT2D eigenvalue weighted by atomic mass is 10.1. The van der Waals surface area contributed by atoms with E-state index in [9.17, 15) is 0 Å². The summed E-state index contributed by atoms with van der Waals surface area (Å²) in [7, 11) is 1.61. The highest BCUT2D eigenvalue weighted by Crippen LogP contribution is 2.34. The summed E-state index contributed by atoms with van der Waals surface area (Å²) < 4.78 is 11.3. The zero-order chi connectivity index (χ0) is 20.2. The first-order chi connectivity index (χ1) is 14.2. The number of hydrogen-bond acceptors (Lipinski definition) is 5. The normalized spacial score (nSPS) is 10.7. The van der Waals surface area contributed by atoms with Crippen molar-refractivity contribution < 1.29 is 9.15 Å². The lowest BCUT2D eigenvalue weighted by Gasteiger charge is -2.13. The van der Waals surface area contributed by atoms with Crippen molar-refractivity contribution in [2.24, 2.45) is 0 Å². The molecule has 0 aliphatic rings. The van der Waals surface area contributed by atoms with Crippen LogP contribution in [-0.4, -0.2) is 17.3 Å². The van der Waals surface area contributed by atoms with E-state index in [0.29, 0.717) is 39.7 Å². The molecule has 0 aliphatic heterocycles. The first-order valence-corrected chi connectivity index (χ1v) is 9.66. The van der Waals surface area contributed by atoms with Crippen LogP contribution in [0.2, 0.25) is 10.0 Å². The van der Waals surface area contributed by atoms with Crippen molar-refractivity contribution in [3.05, 3.63) is 88.2 Å². The minimum atomic E-state index is 0.414. The summed E-state index contributed by atoms with van der Waals surface area (Å²) in [5.74, 6) is 1.58. The Kier molecular flexibility index (Phi) is 5.69. The molecule has 1 heterocycles. The van der Waals surface area contributed by atoms with Gasteiger partial charge in [0.15, 0.2) is 0 Å². The van der Waals surface area contributed by atoms with Crippen molar-refractivity contribution in [1.29, 1.82) is 0 Å². The minimum absolute atomic E-state index is 0.414. The molecule has 0 saturated heterocycles. The van der Waals surface area contributed by atoms with Gasteiger partial charge in [-0.25, -0.2) is 0 Å². The van der Waals surface area contributed by atoms with Crippen LogP contribution in [0.15, 0.2) is 71.1 Å². The summed E-state index contributed by atoms with van der Waals surface area (Å²) in [6, 6.07) is 20.7. The molecule has 0 unspecified atom stereocenters. The van der Waals surface area contributed by atoms with Crippen LogP contribution < -0.4 is 10.1 Å². The van der Waals surface area contributed by atoms with E-state index in [0.717, 1.165) is 16.8 Å². The Morgan fingerprint density at radius 1 is 0.897 bits per heavy atom. The summed E-state index contributed by atoms with van der Waals surface area (Å²) in [4.78, 5) is 0. The highest BCUT2D eigenvalue weighted by molar-refractivity contribution is 6.39. The molecule has 29 heavy (non-hydrogen) atoms. The van der Waals surface area contributed by atoms with Crippen molar-refractivity contribution in [3.8, 4) is 17.2 Å². The van der Waals surface area contributed by atoms with Crippen molar-refractivity contribution in [2.75, 3.05) is 12.4 Å². The van der Waals surface area contributed by atoms with E-state index in [-0.39, 0.29) is 0 Å². The van der Waals surface area contributed by atoms with Gasteiger partial charge in [-0.2, -0.15) is 0 Å². The molecule has 0 radical (unpaired) electrons. The van der Waals surface area contributed by atoms with Crippen LogP contribution in [0.5, 0.6) is 5.75 Å². The average Bonchev–Trinajstić information content (AvgIpc) is 3.20. The third kappa shape index (κ3) is 4.21. The molecule has 1 aromatic heterocycles. The van der Waals surface area contributed by atoms with Gasteiger partial charge in [0.05, 0.1) is 34.8 Å². The van der Waals surface area contributed by atoms with Crippen molar-refractivity contribution in [3.63, 3.8) is 0 Å². The second kappa shape index (κ2) is 8.55. The predicted molar refractivity (Wildman–Crippen MR) is 115 cm³/mol. The third-order valence-corrected chi connectivity index (χ3v) is 5.02. The first kappa shape index (κ1) is 19.3. The molecule has 4 rings (SSSR count). The van der Waals surface area contributed by atoms with Crippen LogP contribution in [0.25, 0.3) is 11.5 Å². The van der Waals surface area contributed by atoms with Crippen LogP contribution in [0.4, 0.5) is 11.4 Å². The number of aromatic nitrogens is 2. The van der Waals surface area contributed by atoms with E-state index in [4.69, 9.17) is 32.4 Å². The first-order valence-electron chi connectivity index (χ1n) is 8.90. The van der Waals surface area contributed by atoms with Gasteiger partial charge in [-0.1, -0.05) is 59.6 Å². The molecule has 0 saturated carbocycles. The summed E-state index contributed by atoms with van der Waals surface area (Å²) >= 11 is 12.6. The zero-order valence-corrected chi connectivity index (χ0v) is 17.0. The van der Waals surface area contributed by atoms with Gasteiger partial charge in [-0.3, -0.25) is 0 Å². The topological polar surface area (TPSA) is 60.2 Å². The van der Waals surface area contributed by atoms with Crippen molar-refractivity contribution in [2.45, 2.75) is 6.42 Å². The van der Waals surface area contributed by atoms with Gasteiger partial charge >= 0.3 is 0 Å². The monoisotopic (exact) mass is 425 g/mol. The molecule has 5 nitrogen and oxygen atoms in total. The molecule has 0 amide bonds. The van der Waals surface area contributed by atoms with E-state index < -0.39 is 0 Å². The molecule has 0 spiro atoms. The Bertz CT molecular complexity index is 1120. The molecule has 0 aliphatic carbocycles. The molecular weight excluding hydrogens is 409 g/mol. The summed E-state index contributed by atoms with van der Waals surface area (Å²) in [5.41, 5.74) is 3.24. The number of anilines is 2. The average molecular weight is 426 g/mol. The number of hydrogen-bond donors (Lipinski definition) is 1. The molecule has 0 bridgehead atoms. The lowest BCUT2D eigenvalue weighted by molar-refractivity contribution is 0.413. The predicted octanol–water partition coefficient (Wildman–Crippen LogP) is 6.39. The van der Waals surface area contributed by atoms with E-state index in [1.807, 2.05) is 48.5 Å². The van der Waals surface area contributed by atoms with Crippen LogP contribution in [-0.2, 0) is 6.42 Å². The maximum absolute atomic E-state index is 6.29. The van der Waals surface area contributed by atoms with Gasteiger partial charge in [-0.15, -0.1) is 10.2 Å². The molecule has 4 aromatic rings. The molecular formula is C22H17Cl2N3O2. The molecule has 7 heteroatoms. The van der Waals surface area contributed by atoms with Gasteiger partial charge in [0.1, 0.15) is 5.75 Å². The maximum Gasteiger partial charge on any atom is 0.251 e. The fourth-order valence-corrected chi connectivity index (χ4v) is 3.46. The number of benzene rings is 3. The quantitative estimate of drug-likeness (QED) is 0.387. The van der Waals surface area contributed by atoms with E-state index in [1.165, 1.54) is 0 Å². The number of para-hydroxylation sites is 3. The SMILES string of the molecule is COc1ccccc1-c1nnc(Cc2ccccc2Nc2c(Cl)cccc2Cl)o1. The fraction of sp³-hybridized carbons (Fsp3) is 0.0909. The highest BCUT2D eigenvalue weighted by atomic mass is 35.5. The molecule has 0 atom stereocenters. The molecule has 1 N–H and O–H groups in total. The summed E-state index contributed by atoms with van der Waals surface area (Å²) in [5, 5.41) is 12.8. The summed E-state index contributed by atoms with van der Waals surface area (Å²) in [6.07, 6.45) is 0.452. The van der Waals surface area contributed by atoms with E-state index in [2.05, 4.69) is 15.5 Å². The smallest absolute Gasteiger partial charge is 0.251 e. The highest BCUT2D eigenvalue weighted by Gasteiger charge is 2.15. The van der Waals surface area contributed by atoms with Crippen LogP contribution >= 0.6 is 23.2 Å². The van der Waals surface area contributed by atoms with Crippen molar-refractivity contribution >= 4 is 34.6 Å². The second-order valence-electron chi connectivity index (χ2n) is 6.26. The van der Waals surface area contributed by atoms with E-state index in [1.54, 1.807) is 25.3 Å². The number of rotatable bonds is 6. The number of nitrogens with zero attached hydrogens (tertiary/aromatic N) is 2. The Morgan fingerprint density at radius 2 is 1.62 bits per heavy atom. The van der Waals surface area contributed by atoms with Crippen molar-refractivity contribution in [1.82, 2.24) is 10.2 Å². The molecule has 0 fully saturated rings. The second-order valence-corrected chi connectivity index (χ2v) is 7.07. The maximum atomic E-state index is 6.29. The van der Waals surface area contributed by atoms with Crippen LogP contribution in [0.1, 0.15) is 11.5 Å². The van der Waals surface area contributed by atoms with Crippen LogP contribution in [0, 0.1) is 0 Å². The van der Waals surface area contributed by atoms with Gasteiger partial charge in [0.25, 0.3) is 5.89 Å². The number of methoxy groups -OCH3 is 1. The zero-order valence-electron chi connectivity index (χ0n) is 15.5. The number of halogens is 2. The van der Waals surface area contributed by atoms with E-state index >= 15 is 0 Å². The Morgan fingerprint density at radius 3 is 2.41 bits per heavy atom. The molecule has 3 aromatic carbocycles. The lowest BCUT2D eigenvalue weighted by Crippen LogP contribution is -1.98. The largest absolute Gasteiger partial charge is 0.496 e. The van der Waals surface area contributed by atoms with Crippen LogP contribution in [0.3, 0.4) is 0 Å². The molecule has 146 valence electrons. The number of ether oxygens (including phenoxy) is 1. The summed E-state index contributed by atoms with van der Waals surface area (Å²) in [6.45, 7) is 0. The van der Waals surface area contributed by atoms with Gasteiger partial charge in [0, 0.05) is 5.69 Å².